The molecule has 82 valence electrons. The van der Waals surface area contributed by atoms with Gasteiger partial charge >= 0.3 is 0 Å². The minimum absolute atomic E-state index is 0.107. The van der Waals surface area contributed by atoms with E-state index in [4.69, 9.17) is 9.47 Å². The highest BCUT2D eigenvalue weighted by Gasteiger charge is 2.56. The molecule has 15 heavy (non-hydrogen) atoms. The Morgan fingerprint density at radius 1 is 1.47 bits per heavy atom. The van der Waals surface area contributed by atoms with Crippen molar-refractivity contribution in [1.82, 2.24) is 9.55 Å². The van der Waals surface area contributed by atoms with Gasteiger partial charge in [-0.2, -0.15) is 0 Å². The molecule has 0 aromatic carbocycles. The molecule has 3 heterocycles. The third-order valence-corrected chi connectivity index (χ3v) is 3.02. The average Bonchev–Trinajstić information content (AvgIpc) is 2.88. The molecular formula is C9H12N2O4. The summed E-state index contributed by atoms with van der Waals surface area (Å²) in [6.07, 6.45) is 3.11. The molecule has 0 unspecified atom stereocenters. The lowest BCUT2D eigenvalue weighted by atomic mass is 10.0. The molecule has 0 aliphatic carbocycles. The molecule has 0 saturated carbocycles. The van der Waals surface area contributed by atoms with Crippen LogP contribution in [0.5, 0.6) is 0 Å². The van der Waals surface area contributed by atoms with E-state index < -0.39 is 24.0 Å². The Labute approximate surface area is 86.1 Å². The van der Waals surface area contributed by atoms with Crippen LogP contribution in [0.3, 0.4) is 0 Å². The Morgan fingerprint density at radius 3 is 3.07 bits per heavy atom. The van der Waals surface area contributed by atoms with Crippen molar-refractivity contribution in [2.75, 3.05) is 13.2 Å². The second-order valence-electron chi connectivity index (χ2n) is 3.95. The SMILES string of the molecule is O[C@@H]1CO[C@H]2[C@@H]1OC[C@]2(O)n1ccnc1. The molecule has 4 atom stereocenters. The van der Waals surface area contributed by atoms with Crippen molar-refractivity contribution in [2.24, 2.45) is 0 Å². The zero-order chi connectivity index (χ0) is 10.5. The topological polar surface area (TPSA) is 76.7 Å². The van der Waals surface area contributed by atoms with Crippen molar-refractivity contribution in [3.63, 3.8) is 0 Å². The quantitative estimate of drug-likeness (QED) is 0.604. The summed E-state index contributed by atoms with van der Waals surface area (Å²) in [5, 5.41) is 19.9. The van der Waals surface area contributed by atoms with Crippen LogP contribution < -0.4 is 0 Å². The van der Waals surface area contributed by atoms with E-state index in [1.54, 1.807) is 17.0 Å². The van der Waals surface area contributed by atoms with Gasteiger partial charge in [0.1, 0.15) is 18.3 Å². The maximum absolute atomic E-state index is 10.4. The molecule has 0 bridgehead atoms. The van der Waals surface area contributed by atoms with Crippen molar-refractivity contribution in [3.05, 3.63) is 18.7 Å². The van der Waals surface area contributed by atoms with Gasteiger partial charge in [0.05, 0.1) is 19.5 Å². The largest absolute Gasteiger partial charge is 0.388 e. The van der Waals surface area contributed by atoms with Gasteiger partial charge in [-0.05, 0) is 0 Å². The maximum Gasteiger partial charge on any atom is 0.195 e. The number of hydrogen-bond donors (Lipinski definition) is 2. The van der Waals surface area contributed by atoms with Crippen LogP contribution in [0, 0.1) is 0 Å². The molecular weight excluding hydrogens is 200 g/mol. The lowest BCUT2D eigenvalue weighted by molar-refractivity contribution is -0.124. The molecule has 2 N–H and O–H groups in total. The van der Waals surface area contributed by atoms with E-state index in [-0.39, 0.29) is 13.2 Å². The standard InChI is InChI=1S/C9H12N2O4/c12-6-3-14-8-7(6)15-4-9(8,13)11-2-1-10-5-11/h1-2,5-8,12-13H,3-4H2/t6-,7-,8+,9-/m1/s1. The van der Waals surface area contributed by atoms with Gasteiger partial charge in [0.25, 0.3) is 0 Å². The second kappa shape index (κ2) is 3.02. The van der Waals surface area contributed by atoms with Crippen LogP contribution in [0.2, 0.25) is 0 Å². The lowest BCUT2D eigenvalue weighted by Crippen LogP contribution is -2.45. The van der Waals surface area contributed by atoms with Crippen LogP contribution in [0.1, 0.15) is 0 Å². The van der Waals surface area contributed by atoms with Crippen LogP contribution in [-0.2, 0) is 15.2 Å². The molecule has 0 radical (unpaired) electrons. The Bertz CT molecular complexity index is 355. The fourth-order valence-electron chi connectivity index (χ4n) is 2.20. The summed E-state index contributed by atoms with van der Waals surface area (Å²) in [6, 6.07) is 0. The van der Waals surface area contributed by atoms with E-state index in [1.165, 1.54) is 6.33 Å². The number of fused-ring (bicyclic) bond motifs is 1. The highest BCUT2D eigenvalue weighted by molar-refractivity contribution is 5.02. The number of aliphatic hydroxyl groups is 2. The smallest absolute Gasteiger partial charge is 0.195 e. The first-order valence-electron chi connectivity index (χ1n) is 4.84. The van der Waals surface area contributed by atoms with Crippen LogP contribution >= 0.6 is 0 Å². The molecule has 6 nitrogen and oxygen atoms in total. The third-order valence-electron chi connectivity index (χ3n) is 3.02. The first kappa shape index (κ1) is 9.29. The second-order valence-corrected chi connectivity index (χ2v) is 3.95. The normalized spacial score (nSPS) is 44.5. The lowest BCUT2D eigenvalue weighted by Gasteiger charge is -2.27. The van der Waals surface area contributed by atoms with E-state index in [0.29, 0.717) is 0 Å². The van der Waals surface area contributed by atoms with Gasteiger partial charge in [0, 0.05) is 12.4 Å². The maximum atomic E-state index is 10.4. The Hall–Kier alpha value is -0.950. The Kier molecular flexibility index (Phi) is 1.87. The fraction of sp³-hybridized carbons (Fsp3) is 0.667. The zero-order valence-electron chi connectivity index (χ0n) is 7.98. The van der Waals surface area contributed by atoms with Crippen molar-refractivity contribution in [2.45, 2.75) is 24.0 Å². The molecule has 1 aromatic heterocycles. The number of aromatic nitrogens is 2. The predicted molar refractivity (Wildman–Crippen MR) is 47.9 cm³/mol. The number of rotatable bonds is 1. The van der Waals surface area contributed by atoms with Gasteiger partial charge in [-0.25, -0.2) is 4.98 Å². The molecule has 2 aliphatic rings. The molecule has 0 spiro atoms. The first-order chi connectivity index (χ1) is 7.22. The van der Waals surface area contributed by atoms with Crippen molar-refractivity contribution in [3.8, 4) is 0 Å². The summed E-state index contributed by atoms with van der Waals surface area (Å²) in [5.41, 5.74) is -1.25. The van der Waals surface area contributed by atoms with E-state index >= 15 is 0 Å². The third kappa shape index (κ3) is 1.16. The number of nitrogens with zero attached hydrogens (tertiary/aromatic N) is 2. The summed E-state index contributed by atoms with van der Waals surface area (Å²) >= 11 is 0. The molecule has 3 rings (SSSR count). The fourth-order valence-corrected chi connectivity index (χ4v) is 2.20. The molecule has 2 fully saturated rings. The molecule has 2 aliphatic heterocycles. The average molecular weight is 212 g/mol. The van der Waals surface area contributed by atoms with Crippen molar-refractivity contribution in [1.29, 1.82) is 0 Å². The highest BCUT2D eigenvalue weighted by atomic mass is 16.6. The van der Waals surface area contributed by atoms with Crippen LogP contribution in [-0.4, -0.2) is 51.3 Å². The van der Waals surface area contributed by atoms with Gasteiger partial charge in [0.2, 0.25) is 0 Å². The number of ether oxygens (including phenoxy) is 2. The molecule has 1 aromatic rings. The van der Waals surface area contributed by atoms with Gasteiger partial charge in [-0.15, -0.1) is 0 Å². The summed E-state index contributed by atoms with van der Waals surface area (Å²) in [7, 11) is 0. The summed E-state index contributed by atoms with van der Waals surface area (Å²) < 4.78 is 12.3. The molecule has 2 saturated heterocycles. The van der Waals surface area contributed by atoms with Crippen LogP contribution in [0.4, 0.5) is 0 Å². The number of hydrogen-bond acceptors (Lipinski definition) is 5. The van der Waals surface area contributed by atoms with Gasteiger partial charge in [-0.1, -0.05) is 0 Å². The van der Waals surface area contributed by atoms with Gasteiger partial charge in [-0.3, -0.25) is 0 Å². The van der Waals surface area contributed by atoms with Gasteiger partial charge < -0.3 is 24.3 Å². The minimum Gasteiger partial charge on any atom is -0.388 e. The summed E-state index contributed by atoms with van der Waals surface area (Å²) in [4.78, 5) is 3.87. The zero-order valence-corrected chi connectivity index (χ0v) is 7.98. The van der Waals surface area contributed by atoms with E-state index in [0.717, 1.165) is 0 Å². The highest BCUT2D eigenvalue weighted by Crippen LogP contribution is 2.37. The van der Waals surface area contributed by atoms with Gasteiger partial charge in [0.15, 0.2) is 5.72 Å². The van der Waals surface area contributed by atoms with Crippen molar-refractivity contribution < 1.29 is 19.7 Å². The van der Waals surface area contributed by atoms with E-state index in [1.807, 2.05) is 0 Å². The van der Waals surface area contributed by atoms with E-state index in [2.05, 4.69) is 4.98 Å². The summed E-state index contributed by atoms with van der Waals surface area (Å²) in [5.74, 6) is 0. The molecule has 0 amide bonds. The number of aliphatic hydroxyl groups excluding tert-OH is 1. The minimum atomic E-state index is -1.25. The first-order valence-corrected chi connectivity index (χ1v) is 4.84. The monoisotopic (exact) mass is 212 g/mol. The predicted octanol–water partition coefficient (Wildman–Crippen LogP) is -1.31. The van der Waals surface area contributed by atoms with E-state index in [9.17, 15) is 10.2 Å². The Balaban J connectivity index is 1.95. The summed E-state index contributed by atoms with van der Waals surface area (Å²) in [6.45, 7) is 0.308. The molecule has 6 heteroatoms. The Morgan fingerprint density at radius 2 is 2.33 bits per heavy atom. The van der Waals surface area contributed by atoms with Crippen molar-refractivity contribution >= 4 is 0 Å². The number of imidazole rings is 1. The van der Waals surface area contributed by atoms with Crippen LogP contribution in [0.25, 0.3) is 0 Å². The van der Waals surface area contributed by atoms with Crippen LogP contribution in [0.15, 0.2) is 18.7 Å².